The Labute approximate surface area is 109 Å². The highest BCUT2D eigenvalue weighted by molar-refractivity contribution is 5.14. The van der Waals surface area contributed by atoms with Gasteiger partial charge in [0, 0.05) is 12.2 Å². The van der Waals surface area contributed by atoms with Gasteiger partial charge in [-0.25, -0.2) is 0 Å². The van der Waals surface area contributed by atoms with Crippen LogP contribution in [0.15, 0.2) is 6.07 Å². The van der Waals surface area contributed by atoms with Crippen molar-refractivity contribution in [3.63, 3.8) is 0 Å². The Bertz CT molecular complexity index is 439. The minimum absolute atomic E-state index is 0.353. The summed E-state index contributed by atoms with van der Waals surface area (Å²) in [5, 5.41) is 4.81. The Morgan fingerprint density at radius 3 is 2.22 bits per heavy atom. The van der Waals surface area contributed by atoms with Gasteiger partial charge in [0.25, 0.3) is 0 Å². The molecule has 0 atom stereocenters. The molecule has 4 bridgehead atoms. The van der Waals surface area contributed by atoms with E-state index in [-0.39, 0.29) is 0 Å². The van der Waals surface area contributed by atoms with Gasteiger partial charge in [-0.2, -0.15) is 5.10 Å². The lowest BCUT2D eigenvalue weighted by Crippen LogP contribution is -2.52. The third-order valence-electron chi connectivity index (χ3n) is 5.60. The third kappa shape index (κ3) is 1.43. The molecule has 3 nitrogen and oxygen atoms in total. The highest BCUT2D eigenvalue weighted by atomic mass is 15.3. The van der Waals surface area contributed by atoms with Gasteiger partial charge in [0.2, 0.25) is 0 Å². The molecule has 1 aromatic heterocycles. The fraction of sp³-hybridized carbons (Fsp3) is 0.800. The van der Waals surface area contributed by atoms with Crippen LogP contribution < -0.4 is 5.73 Å². The number of aryl methyl sites for hydroxylation is 1. The molecule has 0 saturated heterocycles. The van der Waals surface area contributed by atoms with Crippen molar-refractivity contribution in [3.05, 3.63) is 17.5 Å². The topological polar surface area (TPSA) is 43.8 Å². The molecule has 0 spiro atoms. The fourth-order valence-electron chi connectivity index (χ4n) is 5.44. The fourth-order valence-corrected chi connectivity index (χ4v) is 5.44. The Morgan fingerprint density at radius 2 is 1.78 bits per heavy atom. The third-order valence-corrected chi connectivity index (χ3v) is 5.60. The van der Waals surface area contributed by atoms with Gasteiger partial charge in [-0.3, -0.25) is 4.68 Å². The summed E-state index contributed by atoms with van der Waals surface area (Å²) in [6, 6.07) is 2.18. The lowest BCUT2D eigenvalue weighted by molar-refractivity contribution is -0.0505. The molecule has 1 aromatic rings. The van der Waals surface area contributed by atoms with Gasteiger partial charge in [-0.05, 0) is 69.3 Å². The minimum atomic E-state index is 0.353. The van der Waals surface area contributed by atoms with E-state index in [2.05, 4.69) is 17.7 Å². The van der Waals surface area contributed by atoms with Gasteiger partial charge in [-0.15, -0.1) is 0 Å². The average molecular weight is 245 g/mol. The van der Waals surface area contributed by atoms with Gasteiger partial charge in [0.05, 0.1) is 11.2 Å². The van der Waals surface area contributed by atoms with Crippen molar-refractivity contribution < 1.29 is 0 Å². The van der Waals surface area contributed by atoms with Crippen LogP contribution >= 0.6 is 0 Å². The lowest BCUT2D eigenvalue weighted by atomic mass is 9.53. The summed E-state index contributed by atoms with van der Waals surface area (Å²) in [6.45, 7) is 2.77. The molecule has 98 valence electrons. The molecule has 18 heavy (non-hydrogen) atoms. The molecule has 0 unspecified atom stereocenters. The second-order valence-corrected chi connectivity index (χ2v) is 7.03. The maximum absolute atomic E-state index is 5.75. The predicted octanol–water partition coefficient (Wildman–Crippen LogP) is 2.58. The van der Waals surface area contributed by atoms with E-state index in [1.807, 2.05) is 0 Å². The van der Waals surface area contributed by atoms with Crippen LogP contribution in [0.25, 0.3) is 0 Å². The lowest BCUT2D eigenvalue weighted by Gasteiger charge is -2.56. The first kappa shape index (κ1) is 11.0. The molecule has 2 N–H and O–H groups in total. The van der Waals surface area contributed by atoms with Crippen LogP contribution in [-0.2, 0) is 12.1 Å². The number of rotatable bonds is 2. The van der Waals surface area contributed by atoms with Gasteiger partial charge in [0.1, 0.15) is 0 Å². The maximum Gasteiger partial charge on any atom is 0.0763 e. The molecule has 4 saturated carbocycles. The number of nitrogens with zero attached hydrogens (tertiary/aromatic N) is 2. The molecule has 0 amide bonds. The van der Waals surface area contributed by atoms with Crippen molar-refractivity contribution in [1.29, 1.82) is 0 Å². The van der Waals surface area contributed by atoms with Crippen molar-refractivity contribution in [2.24, 2.45) is 23.5 Å². The minimum Gasteiger partial charge on any atom is -0.325 e. The number of aromatic nitrogens is 2. The van der Waals surface area contributed by atoms with Crippen LogP contribution in [0, 0.1) is 24.7 Å². The molecule has 4 aliphatic rings. The predicted molar refractivity (Wildman–Crippen MR) is 71.0 cm³/mol. The highest BCUT2D eigenvalue weighted by Crippen LogP contribution is 2.58. The maximum atomic E-state index is 5.75. The summed E-state index contributed by atoms with van der Waals surface area (Å²) in [6.07, 6.45) is 8.57. The Morgan fingerprint density at radius 1 is 1.22 bits per heavy atom. The van der Waals surface area contributed by atoms with Crippen LogP contribution in [0.2, 0.25) is 0 Å². The van der Waals surface area contributed by atoms with Crippen molar-refractivity contribution in [1.82, 2.24) is 9.78 Å². The standard InChI is InChI=1S/C15H23N3/c1-10-2-14(9-16)17-18(10)15-6-11-3-12(7-15)5-13(4-11)8-15/h2,11-13H,3-9,16H2,1H3. The number of nitrogens with two attached hydrogens (primary N) is 1. The molecule has 0 radical (unpaired) electrons. The first-order valence-electron chi connectivity index (χ1n) is 7.44. The summed E-state index contributed by atoms with van der Waals surface area (Å²) in [4.78, 5) is 0. The van der Waals surface area contributed by atoms with Crippen LogP contribution in [0.4, 0.5) is 0 Å². The van der Waals surface area contributed by atoms with E-state index in [0.29, 0.717) is 12.1 Å². The molecule has 3 heteroatoms. The number of hydrogen-bond acceptors (Lipinski definition) is 2. The van der Waals surface area contributed by atoms with Crippen molar-refractivity contribution in [2.75, 3.05) is 0 Å². The summed E-state index contributed by atoms with van der Waals surface area (Å²) >= 11 is 0. The van der Waals surface area contributed by atoms with E-state index in [1.54, 1.807) is 0 Å². The van der Waals surface area contributed by atoms with Crippen LogP contribution in [0.1, 0.15) is 49.9 Å². The van der Waals surface area contributed by atoms with Crippen LogP contribution in [0.3, 0.4) is 0 Å². The molecule has 0 aromatic carbocycles. The first-order chi connectivity index (χ1) is 8.68. The van der Waals surface area contributed by atoms with Crippen LogP contribution in [0.5, 0.6) is 0 Å². The zero-order chi connectivity index (χ0) is 12.3. The van der Waals surface area contributed by atoms with Crippen molar-refractivity contribution in [3.8, 4) is 0 Å². The van der Waals surface area contributed by atoms with Gasteiger partial charge in [0.15, 0.2) is 0 Å². The van der Waals surface area contributed by atoms with E-state index in [1.165, 1.54) is 44.2 Å². The highest BCUT2D eigenvalue weighted by Gasteiger charge is 2.52. The normalized spacial score (nSPS) is 41.6. The molecular weight excluding hydrogens is 222 g/mol. The first-order valence-corrected chi connectivity index (χ1v) is 7.44. The van der Waals surface area contributed by atoms with E-state index in [4.69, 9.17) is 10.8 Å². The summed E-state index contributed by atoms with van der Waals surface area (Å²) in [5.74, 6) is 2.92. The molecule has 4 fully saturated rings. The van der Waals surface area contributed by atoms with Crippen molar-refractivity contribution in [2.45, 2.75) is 57.5 Å². The zero-order valence-corrected chi connectivity index (χ0v) is 11.2. The molecule has 0 aliphatic heterocycles. The Balaban J connectivity index is 1.76. The van der Waals surface area contributed by atoms with E-state index >= 15 is 0 Å². The Hall–Kier alpha value is -0.830. The Kier molecular flexibility index (Phi) is 2.20. The second kappa shape index (κ2) is 3.60. The van der Waals surface area contributed by atoms with Crippen molar-refractivity contribution >= 4 is 0 Å². The van der Waals surface area contributed by atoms with Gasteiger partial charge < -0.3 is 5.73 Å². The monoisotopic (exact) mass is 245 g/mol. The SMILES string of the molecule is Cc1cc(CN)nn1C12CC3CC(CC(C3)C1)C2. The zero-order valence-electron chi connectivity index (χ0n) is 11.2. The quantitative estimate of drug-likeness (QED) is 0.870. The smallest absolute Gasteiger partial charge is 0.0763 e. The molecule has 5 rings (SSSR count). The molecule has 4 aliphatic carbocycles. The van der Waals surface area contributed by atoms with Gasteiger partial charge >= 0.3 is 0 Å². The van der Waals surface area contributed by atoms with E-state index in [0.717, 1.165) is 23.4 Å². The average Bonchev–Trinajstić information content (AvgIpc) is 2.69. The largest absolute Gasteiger partial charge is 0.325 e. The summed E-state index contributed by atoms with van der Waals surface area (Å²) in [7, 11) is 0. The van der Waals surface area contributed by atoms with Gasteiger partial charge in [-0.1, -0.05) is 0 Å². The van der Waals surface area contributed by atoms with E-state index in [9.17, 15) is 0 Å². The van der Waals surface area contributed by atoms with Crippen LogP contribution in [-0.4, -0.2) is 9.78 Å². The summed E-state index contributed by atoms with van der Waals surface area (Å²) in [5.41, 5.74) is 8.48. The second-order valence-electron chi connectivity index (χ2n) is 7.03. The van der Waals surface area contributed by atoms with E-state index < -0.39 is 0 Å². The molecule has 1 heterocycles. The summed E-state index contributed by atoms with van der Waals surface area (Å²) < 4.78 is 2.36. The molecular formula is C15H23N3. The number of hydrogen-bond donors (Lipinski definition) is 1.